The minimum atomic E-state index is 0.302. The van der Waals surface area contributed by atoms with E-state index >= 15 is 0 Å². The van der Waals surface area contributed by atoms with Crippen molar-refractivity contribution in [2.45, 2.75) is 12.5 Å². The van der Waals surface area contributed by atoms with Crippen LogP contribution >= 0.6 is 0 Å². The van der Waals surface area contributed by atoms with Crippen molar-refractivity contribution in [1.82, 2.24) is 14.5 Å². The van der Waals surface area contributed by atoms with E-state index in [9.17, 15) is 5.11 Å². The van der Waals surface area contributed by atoms with Gasteiger partial charge in [0.05, 0.1) is 0 Å². The minimum absolute atomic E-state index is 0.302. The normalized spacial score (nSPS) is 19.0. The molecule has 2 heterocycles. The third-order valence-corrected chi connectivity index (χ3v) is 4.51. The molecule has 1 aromatic heterocycles. The maximum atomic E-state index is 9.57. The van der Waals surface area contributed by atoms with E-state index in [4.69, 9.17) is 0 Å². The highest BCUT2D eigenvalue weighted by Gasteiger charge is 2.23. The lowest BCUT2D eigenvalue weighted by atomic mass is 10.1. The van der Waals surface area contributed by atoms with Crippen LogP contribution < -0.4 is 0 Å². The summed E-state index contributed by atoms with van der Waals surface area (Å²) in [5, 5.41) is 11.7. The molecule has 0 saturated carbocycles. The molecule has 2 aromatic carbocycles. The molecule has 4 rings (SSSR count). The fourth-order valence-electron chi connectivity index (χ4n) is 3.34. The van der Waals surface area contributed by atoms with Crippen LogP contribution in [0.25, 0.3) is 22.2 Å². The van der Waals surface area contributed by atoms with Crippen molar-refractivity contribution >= 4 is 10.8 Å². The SMILES string of the molecule is CN1CCC(n2ccnc2-c2ccc3cc(O)ccc3c2)C1. The number of aromatic nitrogens is 2. The van der Waals surface area contributed by atoms with E-state index in [0.29, 0.717) is 11.8 Å². The molecule has 0 radical (unpaired) electrons. The fraction of sp³-hybridized carbons (Fsp3) is 0.278. The van der Waals surface area contributed by atoms with Gasteiger partial charge in [-0.15, -0.1) is 0 Å². The fourth-order valence-corrected chi connectivity index (χ4v) is 3.34. The van der Waals surface area contributed by atoms with Gasteiger partial charge in [-0.05, 0) is 49.0 Å². The Kier molecular flexibility index (Phi) is 3.12. The number of phenols is 1. The Morgan fingerprint density at radius 2 is 1.95 bits per heavy atom. The number of likely N-dealkylation sites (tertiary alicyclic amines) is 1. The number of phenolic OH excluding ortho intramolecular Hbond substituents is 1. The van der Waals surface area contributed by atoms with Crippen molar-refractivity contribution in [3.05, 3.63) is 48.8 Å². The summed E-state index contributed by atoms with van der Waals surface area (Å²) in [6.45, 7) is 2.21. The van der Waals surface area contributed by atoms with Gasteiger partial charge in [0, 0.05) is 30.5 Å². The lowest BCUT2D eigenvalue weighted by Crippen LogP contribution is -2.16. The highest BCUT2D eigenvalue weighted by molar-refractivity contribution is 5.87. The second-order valence-corrected chi connectivity index (χ2v) is 6.11. The van der Waals surface area contributed by atoms with Crippen molar-refractivity contribution in [3.8, 4) is 17.1 Å². The zero-order valence-electron chi connectivity index (χ0n) is 12.6. The first-order chi connectivity index (χ1) is 10.7. The molecule has 1 saturated heterocycles. The second kappa shape index (κ2) is 5.14. The van der Waals surface area contributed by atoms with Gasteiger partial charge in [0.25, 0.3) is 0 Å². The van der Waals surface area contributed by atoms with E-state index in [1.54, 1.807) is 12.1 Å². The summed E-state index contributed by atoms with van der Waals surface area (Å²) < 4.78 is 2.30. The topological polar surface area (TPSA) is 41.3 Å². The van der Waals surface area contributed by atoms with Gasteiger partial charge in [-0.3, -0.25) is 0 Å². The Morgan fingerprint density at radius 3 is 2.77 bits per heavy atom. The van der Waals surface area contributed by atoms with Crippen LogP contribution in [0.3, 0.4) is 0 Å². The van der Waals surface area contributed by atoms with Gasteiger partial charge < -0.3 is 14.6 Å². The first-order valence-corrected chi connectivity index (χ1v) is 7.65. The summed E-state index contributed by atoms with van der Waals surface area (Å²) in [5.41, 5.74) is 1.12. The maximum Gasteiger partial charge on any atom is 0.140 e. The molecular formula is C18H19N3O. The van der Waals surface area contributed by atoms with Crippen LogP contribution in [0.1, 0.15) is 12.5 Å². The third-order valence-electron chi connectivity index (χ3n) is 4.51. The quantitative estimate of drug-likeness (QED) is 0.788. The Morgan fingerprint density at radius 1 is 1.14 bits per heavy atom. The van der Waals surface area contributed by atoms with E-state index < -0.39 is 0 Å². The van der Waals surface area contributed by atoms with E-state index in [2.05, 4.69) is 39.8 Å². The molecule has 1 atom stereocenters. The largest absolute Gasteiger partial charge is 0.508 e. The molecule has 1 aliphatic rings. The number of hydrogen-bond acceptors (Lipinski definition) is 3. The number of benzene rings is 2. The number of nitrogens with zero attached hydrogens (tertiary/aromatic N) is 3. The minimum Gasteiger partial charge on any atom is -0.508 e. The lowest BCUT2D eigenvalue weighted by Gasteiger charge is -2.16. The number of fused-ring (bicyclic) bond motifs is 1. The van der Waals surface area contributed by atoms with Crippen LogP contribution in [0.2, 0.25) is 0 Å². The summed E-state index contributed by atoms with van der Waals surface area (Å²) in [6, 6.07) is 12.2. The Labute approximate surface area is 129 Å². The molecule has 0 amide bonds. The van der Waals surface area contributed by atoms with Crippen LogP contribution in [-0.2, 0) is 0 Å². The zero-order chi connectivity index (χ0) is 15.1. The maximum absolute atomic E-state index is 9.57. The van der Waals surface area contributed by atoms with E-state index in [1.165, 1.54) is 6.42 Å². The van der Waals surface area contributed by atoms with Crippen LogP contribution in [-0.4, -0.2) is 39.7 Å². The van der Waals surface area contributed by atoms with E-state index in [-0.39, 0.29) is 0 Å². The summed E-state index contributed by atoms with van der Waals surface area (Å²) in [6.07, 6.45) is 5.14. The van der Waals surface area contributed by atoms with Gasteiger partial charge >= 0.3 is 0 Å². The van der Waals surface area contributed by atoms with Gasteiger partial charge in [0.1, 0.15) is 11.6 Å². The molecule has 4 nitrogen and oxygen atoms in total. The molecule has 112 valence electrons. The van der Waals surface area contributed by atoms with Crippen molar-refractivity contribution in [2.24, 2.45) is 0 Å². The van der Waals surface area contributed by atoms with Crippen molar-refractivity contribution in [2.75, 3.05) is 20.1 Å². The van der Waals surface area contributed by atoms with Gasteiger partial charge in [0.15, 0.2) is 0 Å². The first kappa shape index (κ1) is 13.3. The molecule has 0 bridgehead atoms. The first-order valence-electron chi connectivity index (χ1n) is 7.65. The van der Waals surface area contributed by atoms with Gasteiger partial charge in [-0.2, -0.15) is 0 Å². The standard InChI is InChI=1S/C18H19N3O/c1-20-8-6-16(12-20)21-9-7-19-18(21)15-3-2-14-11-17(22)5-4-13(14)10-15/h2-5,7,9-11,16,22H,6,8,12H2,1H3. The lowest BCUT2D eigenvalue weighted by molar-refractivity contribution is 0.393. The number of hydrogen-bond donors (Lipinski definition) is 1. The molecule has 0 spiro atoms. The monoisotopic (exact) mass is 293 g/mol. The van der Waals surface area contributed by atoms with Gasteiger partial charge in [-0.25, -0.2) is 4.98 Å². The highest BCUT2D eigenvalue weighted by atomic mass is 16.3. The predicted molar refractivity (Wildman–Crippen MR) is 88.0 cm³/mol. The van der Waals surface area contributed by atoms with E-state index in [0.717, 1.165) is 35.2 Å². The smallest absolute Gasteiger partial charge is 0.140 e. The van der Waals surface area contributed by atoms with Crippen molar-refractivity contribution in [3.63, 3.8) is 0 Å². The average Bonchev–Trinajstić information content (AvgIpc) is 3.15. The molecule has 1 unspecified atom stereocenters. The number of rotatable bonds is 2. The summed E-state index contributed by atoms with van der Waals surface area (Å²) in [5.74, 6) is 1.33. The second-order valence-electron chi connectivity index (χ2n) is 6.11. The van der Waals surface area contributed by atoms with Crippen molar-refractivity contribution in [1.29, 1.82) is 0 Å². The molecule has 3 aromatic rings. The Bertz CT molecular complexity index is 824. The number of likely N-dealkylation sites (N-methyl/N-ethyl adjacent to an activating group) is 1. The average molecular weight is 293 g/mol. The van der Waals surface area contributed by atoms with Crippen LogP contribution in [0.5, 0.6) is 5.75 Å². The summed E-state index contributed by atoms with van der Waals surface area (Å²) in [4.78, 5) is 6.93. The van der Waals surface area contributed by atoms with E-state index in [1.807, 2.05) is 18.3 Å². The van der Waals surface area contributed by atoms with Gasteiger partial charge in [-0.1, -0.05) is 18.2 Å². The van der Waals surface area contributed by atoms with Crippen LogP contribution in [0, 0.1) is 0 Å². The van der Waals surface area contributed by atoms with Crippen LogP contribution in [0.15, 0.2) is 48.8 Å². The molecule has 1 aliphatic heterocycles. The number of imidazole rings is 1. The molecule has 0 aliphatic carbocycles. The van der Waals surface area contributed by atoms with Crippen molar-refractivity contribution < 1.29 is 5.11 Å². The highest BCUT2D eigenvalue weighted by Crippen LogP contribution is 2.29. The summed E-state index contributed by atoms with van der Waals surface area (Å²) in [7, 11) is 2.17. The predicted octanol–water partition coefficient (Wildman–Crippen LogP) is 3.29. The summed E-state index contributed by atoms with van der Waals surface area (Å²) >= 11 is 0. The Balaban J connectivity index is 1.76. The molecular weight excluding hydrogens is 274 g/mol. The molecule has 1 N–H and O–H groups in total. The molecule has 1 fully saturated rings. The Hall–Kier alpha value is -2.33. The number of aromatic hydroxyl groups is 1. The molecule has 22 heavy (non-hydrogen) atoms. The molecule has 4 heteroatoms. The zero-order valence-corrected chi connectivity index (χ0v) is 12.6. The third kappa shape index (κ3) is 2.25. The van der Waals surface area contributed by atoms with Crippen LogP contribution in [0.4, 0.5) is 0 Å². The van der Waals surface area contributed by atoms with Gasteiger partial charge in [0.2, 0.25) is 0 Å².